The molecular formula is C34H40FN5O3. The molecule has 1 aliphatic heterocycles. The van der Waals surface area contributed by atoms with Crippen molar-refractivity contribution in [1.82, 2.24) is 24.6 Å². The Balaban J connectivity index is 1.18. The van der Waals surface area contributed by atoms with Crippen molar-refractivity contribution < 1.29 is 18.7 Å². The van der Waals surface area contributed by atoms with Gasteiger partial charge in [-0.1, -0.05) is 30.3 Å². The van der Waals surface area contributed by atoms with E-state index in [1.165, 1.54) is 10.5 Å². The number of ether oxygens (including phenoxy) is 2. The molecule has 2 fully saturated rings. The first-order valence-electron chi connectivity index (χ1n) is 15.2. The number of hydrogen-bond donors (Lipinski definition) is 0. The molecule has 2 aliphatic rings. The van der Waals surface area contributed by atoms with Gasteiger partial charge in [0.15, 0.2) is 5.82 Å². The summed E-state index contributed by atoms with van der Waals surface area (Å²) in [5.74, 6) is 1.38. The van der Waals surface area contributed by atoms with Gasteiger partial charge in [0.05, 0.1) is 31.0 Å². The van der Waals surface area contributed by atoms with Gasteiger partial charge in [0.25, 0.3) is 0 Å². The van der Waals surface area contributed by atoms with E-state index in [9.17, 15) is 4.79 Å². The van der Waals surface area contributed by atoms with Gasteiger partial charge < -0.3 is 14.4 Å². The molecule has 0 bridgehead atoms. The second-order valence-electron chi connectivity index (χ2n) is 12.9. The average molecular weight is 586 g/mol. The van der Waals surface area contributed by atoms with Crippen LogP contribution in [0.1, 0.15) is 80.1 Å². The highest BCUT2D eigenvalue weighted by molar-refractivity contribution is 5.82. The highest BCUT2D eigenvalue weighted by atomic mass is 19.1. The topological polar surface area (TPSA) is 82.4 Å². The summed E-state index contributed by atoms with van der Waals surface area (Å²) in [6.07, 6.45) is 2.75. The molecule has 4 aromatic rings. The fourth-order valence-electron chi connectivity index (χ4n) is 6.16. The fourth-order valence-corrected chi connectivity index (χ4v) is 6.16. The maximum absolute atomic E-state index is 15.6. The standard InChI is InChI=1S/C34H40FN5O3/c1-21-13-25-18-36-40(31(25)16-28(21)27-11-12-39(19-29(27)35)33(41)43-34(3,4)5)32-17-30(37-22(2)38-32)24-14-26(15-24)42-20-23-9-7-6-8-10-23/h6-10,13,16-18,24,26-27,29H,11-12,14-15,19-20H2,1-5H3/t24-,26+,27?,29?. The Morgan fingerprint density at radius 3 is 2.56 bits per heavy atom. The van der Waals surface area contributed by atoms with Crippen molar-refractivity contribution in [2.24, 2.45) is 0 Å². The van der Waals surface area contributed by atoms with Crippen LogP contribution in [0.15, 0.2) is 54.7 Å². The largest absolute Gasteiger partial charge is 0.444 e. The number of piperidine rings is 1. The average Bonchev–Trinajstić information content (AvgIpc) is 3.34. The lowest BCUT2D eigenvalue weighted by Crippen LogP contribution is -2.46. The number of likely N-dealkylation sites (tertiary alicyclic amines) is 1. The molecule has 226 valence electrons. The second-order valence-corrected chi connectivity index (χ2v) is 12.9. The van der Waals surface area contributed by atoms with Crippen LogP contribution in [0, 0.1) is 13.8 Å². The van der Waals surface area contributed by atoms with Crippen LogP contribution < -0.4 is 0 Å². The van der Waals surface area contributed by atoms with E-state index in [4.69, 9.17) is 19.4 Å². The van der Waals surface area contributed by atoms with Crippen molar-refractivity contribution in [3.05, 3.63) is 82.9 Å². The number of carbonyl (C=O) groups excluding carboxylic acids is 1. The smallest absolute Gasteiger partial charge is 0.410 e. The number of hydrogen-bond acceptors (Lipinski definition) is 6. The highest BCUT2D eigenvalue weighted by Crippen LogP contribution is 2.39. The van der Waals surface area contributed by atoms with E-state index in [-0.39, 0.29) is 18.6 Å². The molecule has 8 nitrogen and oxygen atoms in total. The van der Waals surface area contributed by atoms with E-state index in [2.05, 4.69) is 23.3 Å². The molecule has 3 heterocycles. The van der Waals surface area contributed by atoms with Crippen LogP contribution in [-0.4, -0.2) is 61.7 Å². The van der Waals surface area contributed by atoms with E-state index in [1.807, 2.05) is 75.8 Å². The third-order valence-corrected chi connectivity index (χ3v) is 8.45. The molecule has 0 spiro atoms. The normalized spacial score (nSPS) is 22.4. The van der Waals surface area contributed by atoms with Crippen LogP contribution in [0.25, 0.3) is 16.7 Å². The minimum atomic E-state index is -1.20. The van der Waals surface area contributed by atoms with E-state index < -0.39 is 17.9 Å². The molecule has 9 heteroatoms. The molecule has 43 heavy (non-hydrogen) atoms. The zero-order valence-electron chi connectivity index (χ0n) is 25.6. The molecule has 2 aromatic heterocycles. The first-order chi connectivity index (χ1) is 20.5. The number of nitrogens with zero attached hydrogens (tertiary/aromatic N) is 5. The number of aryl methyl sites for hydroxylation is 2. The van der Waals surface area contributed by atoms with Gasteiger partial charge >= 0.3 is 6.09 Å². The summed E-state index contributed by atoms with van der Waals surface area (Å²) < 4.78 is 29.1. The molecule has 1 saturated carbocycles. The van der Waals surface area contributed by atoms with Crippen LogP contribution in [0.5, 0.6) is 0 Å². The maximum Gasteiger partial charge on any atom is 0.410 e. The Bertz CT molecular complexity index is 1610. The summed E-state index contributed by atoms with van der Waals surface area (Å²) in [6, 6.07) is 16.4. The molecule has 2 unspecified atom stereocenters. The van der Waals surface area contributed by atoms with Crippen LogP contribution in [0.4, 0.5) is 9.18 Å². The van der Waals surface area contributed by atoms with Crippen LogP contribution >= 0.6 is 0 Å². The number of fused-ring (bicyclic) bond motifs is 1. The summed E-state index contributed by atoms with van der Waals surface area (Å²) >= 11 is 0. The van der Waals surface area contributed by atoms with Gasteiger partial charge in [-0.2, -0.15) is 5.10 Å². The van der Waals surface area contributed by atoms with E-state index in [1.54, 1.807) is 0 Å². The predicted octanol–water partition coefficient (Wildman–Crippen LogP) is 6.96. The summed E-state index contributed by atoms with van der Waals surface area (Å²) in [5.41, 5.74) is 4.39. The van der Waals surface area contributed by atoms with Crippen LogP contribution in [0.3, 0.4) is 0 Å². The number of aromatic nitrogens is 4. The Labute approximate surface area is 252 Å². The summed E-state index contributed by atoms with van der Waals surface area (Å²) in [4.78, 5) is 23.5. The minimum absolute atomic E-state index is 0.0161. The van der Waals surface area contributed by atoms with Gasteiger partial charge in [-0.05, 0) is 82.7 Å². The lowest BCUT2D eigenvalue weighted by atomic mass is 9.80. The summed E-state index contributed by atoms with van der Waals surface area (Å²) in [6.45, 7) is 10.5. The molecule has 0 radical (unpaired) electrons. The fraction of sp³-hybridized carbons (Fsp3) is 0.471. The molecular weight excluding hydrogens is 545 g/mol. The quantitative estimate of drug-likeness (QED) is 0.243. The molecule has 1 aliphatic carbocycles. The zero-order chi connectivity index (χ0) is 30.3. The van der Waals surface area contributed by atoms with Gasteiger partial charge in [0.2, 0.25) is 0 Å². The van der Waals surface area contributed by atoms with E-state index in [0.29, 0.717) is 37.1 Å². The number of carbonyl (C=O) groups is 1. The highest BCUT2D eigenvalue weighted by Gasteiger charge is 2.36. The van der Waals surface area contributed by atoms with Gasteiger partial charge in [-0.15, -0.1) is 0 Å². The van der Waals surface area contributed by atoms with Crippen molar-refractivity contribution in [3.63, 3.8) is 0 Å². The Morgan fingerprint density at radius 1 is 1.07 bits per heavy atom. The van der Waals surface area contributed by atoms with Gasteiger partial charge in [0, 0.05) is 35.5 Å². The number of benzene rings is 2. The molecule has 6 rings (SSSR count). The van der Waals surface area contributed by atoms with E-state index >= 15 is 4.39 Å². The lowest BCUT2D eigenvalue weighted by molar-refractivity contribution is -0.0215. The predicted molar refractivity (Wildman–Crippen MR) is 163 cm³/mol. The third-order valence-electron chi connectivity index (χ3n) is 8.45. The molecule has 2 atom stereocenters. The second kappa shape index (κ2) is 11.7. The first kappa shape index (κ1) is 29.2. The zero-order valence-corrected chi connectivity index (χ0v) is 25.6. The summed E-state index contributed by atoms with van der Waals surface area (Å²) in [7, 11) is 0. The Morgan fingerprint density at radius 2 is 1.84 bits per heavy atom. The lowest BCUT2D eigenvalue weighted by Gasteiger charge is -2.36. The van der Waals surface area contributed by atoms with Crippen molar-refractivity contribution in [2.75, 3.05) is 13.1 Å². The number of amides is 1. The van der Waals surface area contributed by atoms with Crippen molar-refractivity contribution >= 4 is 17.0 Å². The third kappa shape index (κ3) is 6.42. The number of rotatable bonds is 6. The van der Waals surface area contributed by atoms with Crippen molar-refractivity contribution in [2.45, 2.75) is 90.2 Å². The Hall–Kier alpha value is -3.85. The van der Waals surface area contributed by atoms with Crippen molar-refractivity contribution in [1.29, 1.82) is 0 Å². The van der Waals surface area contributed by atoms with E-state index in [0.717, 1.165) is 40.6 Å². The molecule has 0 N–H and O–H groups in total. The summed E-state index contributed by atoms with van der Waals surface area (Å²) in [5, 5.41) is 5.65. The molecule has 1 amide bonds. The monoisotopic (exact) mass is 585 g/mol. The van der Waals surface area contributed by atoms with Crippen LogP contribution in [0.2, 0.25) is 0 Å². The maximum atomic E-state index is 15.6. The van der Waals surface area contributed by atoms with Gasteiger partial charge in [-0.3, -0.25) is 0 Å². The number of halogens is 1. The van der Waals surface area contributed by atoms with Gasteiger partial charge in [-0.25, -0.2) is 23.8 Å². The molecule has 2 aromatic carbocycles. The SMILES string of the molecule is Cc1nc(-n2ncc3cc(C)c(C4CCN(C(=O)OC(C)(C)C)CC4F)cc32)cc([C@H]2C[C@@H](OCc3ccccc3)C2)n1. The number of alkyl halides is 1. The van der Waals surface area contributed by atoms with Crippen LogP contribution in [-0.2, 0) is 16.1 Å². The Kier molecular flexibility index (Phi) is 7.94. The minimum Gasteiger partial charge on any atom is -0.444 e. The first-order valence-corrected chi connectivity index (χ1v) is 15.2. The van der Waals surface area contributed by atoms with Gasteiger partial charge in [0.1, 0.15) is 17.6 Å². The van der Waals surface area contributed by atoms with Crippen molar-refractivity contribution in [3.8, 4) is 5.82 Å². The molecule has 1 saturated heterocycles.